The fourth-order valence-electron chi connectivity index (χ4n) is 4.02. The van der Waals surface area contributed by atoms with E-state index in [1.54, 1.807) is 37.4 Å². The Morgan fingerprint density at radius 3 is 2.61 bits per heavy atom. The molecule has 0 bridgehead atoms. The number of carbonyl (C=O) groups is 2. The Morgan fingerprint density at radius 2 is 1.88 bits per heavy atom. The van der Waals surface area contributed by atoms with Crippen LogP contribution < -0.4 is 14.8 Å². The third kappa shape index (κ3) is 5.01. The summed E-state index contributed by atoms with van der Waals surface area (Å²) in [5, 5.41) is 13.9. The molecule has 6 atom stereocenters. The van der Waals surface area contributed by atoms with E-state index in [1.807, 2.05) is 18.2 Å². The van der Waals surface area contributed by atoms with Crippen LogP contribution in [0.2, 0.25) is 0 Å². The van der Waals surface area contributed by atoms with E-state index in [0.717, 1.165) is 0 Å². The van der Waals surface area contributed by atoms with E-state index in [-0.39, 0.29) is 18.3 Å². The molecule has 2 heterocycles. The number of fused-ring (bicyclic) bond motifs is 1. The number of ether oxygens (including phenoxy) is 5. The van der Waals surface area contributed by atoms with E-state index in [1.165, 1.54) is 13.8 Å². The molecule has 2 fully saturated rings. The first-order valence-electron chi connectivity index (χ1n) is 10.7. The molecule has 0 radical (unpaired) electrons. The third-order valence-corrected chi connectivity index (χ3v) is 5.62. The number of benzene rings is 2. The van der Waals surface area contributed by atoms with Gasteiger partial charge in [-0.3, -0.25) is 9.59 Å². The molecule has 2 aliphatic rings. The van der Waals surface area contributed by atoms with Gasteiger partial charge < -0.3 is 34.1 Å². The average molecular weight is 457 g/mol. The van der Waals surface area contributed by atoms with Gasteiger partial charge in [0, 0.05) is 18.1 Å². The molecule has 0 aromatic heterocycles. The first-order chi connectivity index (χ1) is 15.9. The summed E-state index contributed by atoms with van der Waals surface area (Å²) in [7, 11) is 1.55. The predicted molar refractivity (Wildman–Crippen MR) is 116 cm³/mol. The molecule has 6 unspecified atom stereocenters. The minimum absolute atomic E-state index is 0.111. The molecule has 1 amide bonds. The lowest BCUT2D eigenvalue weighted by molar-refractivity contribution is -0.333. The Kier molecular flexibility index (Phi) is 6.94. The quantitative estimate of drug-likeness (QED) is 0.634. The Hall–Kier alpha value is -2.98. The fraction of sp³-hybridized carbons (Fsp3) is 0.417. The number of nitrogens with one attached hydrogen (secondary N) is 1. The van der Waals surface area contributed by atoms with Crippen LogP contribution >= 0.6 is 0 Å². The smallest absolute Gasteiger partial charge is 0.223 e. The highest BCUT2D eigenvalue weighted by molar-refractivity contribution is 5.94. The molecule has 4 rings (SSSR count). The average Bonchev–Trinajstić information content (AvgIpc) is 2.81. The normalized spacial score (nSPS) is 29.0. The SMILES string of the molecule is COc1ccccc1C1OCC2OC(Oc3cccc(C(C)=O)c3)C(NC(C)=O)C(O)C2O1. The molecule has 0 aliphatic carbocycles. The number of para-hydroxylation sites is 1. The van der Waals surface area contributed by atoms with Gasteiger partial charge in [-0.2, -0.15) is 0 Å². The molecule has 2 aliphatic heterocycles. The number of amides is 1. The summed E-state index contributed by atoms with van der Waals surface area (Å²) in [6.07, 6.45) is -4.37. The van der Waals surface area contributed by atoms with Crippen LogP contribution in [-0.4, -0.2) is 61.2 Å². The Balaban J connectivity index is 1.55. The largest absolute Gasteiger partial charge is 0.496 e. The van der Waals surface area contributed by atoms with Gasteiger partial charge in [0.05, 0.1) is 13.7 Å². The van der Waals surface area contributed by atoms with Crippen molar-refractivity contribution in [3.8, 4) is 11.5 Å². The van der Waals surface area contributed by atoms with Crippen LogP contribution in [0.15, 0.2) is 48.5 Å². The summed E-state index contributed by atoms with van der Waals surface area (Å²) in [4.78, 5) is 23.6. The van der Waals surface area contributed by atoms with Crippen LogP contribution in [0.5, 0.6) is 11.5 Å². The van der Waals surface area contributed by atoms with Gasteiger partial charge in [-0.1, -0.05) is 30.3 Å². The second-order valence-electron chi connectivity index (χ2n) is 7.97. The molecule has 0 spiro atoms. The molecule has 2 aromatic carbocycles. The fourth-order valence-corrected chi connectivity index (χ4v) is 4.02. The number of aliphatic hydroxyl groups excluding tert-OH is 1. The van der Waals surface area contributed by atoms with Gasteiger partial charge in [-0.05, 0) is 25.1 Å². The lowest BCUT2D eigenvalue weighted by atomic mass is 9.95. The van der Waals surface area contributed by atoms with Gasteiger partial charge in [0.1, 0.15) is 35.9 Å². The molecule has 9 heteroatoms. The molecule has 9 nitrogen and oxygen atoms in total. The van der Waals surface area contributed by atoms with Gasteiger partial charge >= 0.3 is 0 Å². The monoisotopic (exact) mass is 457 g/mol. The second kappa shape index (κ2) is 9.88. The molecular formula is C24H27NO8. The van der Waals surface area contributed by atoms with Crippen molar-refractivity contribution in [2.45, 2.75) is 50.8 Å². The Labute approximate surface area is 191 Å². The summed E-state index contributed by atoms with van der Waals surface area (Å²) >= 11 is 0. The zero-order valence-corrected chi connectivity index (χ0v) is 18.6. The van der Waals surface area contributed by atoms with Crippen LogP contribution in [-0.2, 0) is 19.0 Å². The minimum Gasteiger partial charge on any atom is -0.496 e. The Morgan fingerprint density at radius 1 is 1.09 bits per heavy atom. The van der Waals surface area contributed by atoms with Crippen molar-refractivity contribution in [1.29, 1.82) is 0 Å². The predicted octanol–water partition coefficient (Wildman–Crippen LogP) is 1.98. The van der Waals surface area contributed by atoms with E-state index < -0.39 is 36.9 Å². The van der Waals surface area contributed by atoms with E-state index in [4.69, 9.17) is 23.7 Å². The third-order valence-electron chi connectivity index (χ3n) is 5.62. The van der Waals surface area contributed by atoms with E-state index in [0.29, 0.717) is 22.6 Å². The molecule has 2 saturated heterocycles. The zero-order chi connectivity index (χ0) is 23.5. The van der Waals surface area contributed by atoms with Crippen molar-refractivity contribution < 1.29 is 38.4 Å². The summed E-state index contributed by atoms with van der Waals surface area (Å²) in [6, 6.07) is 13.0. The van der Waals surface area contributed by atoms with Gasteiger partial charge in [-0.15, -0.1) is 0 Å². The second-order valence-corrected chi connectivity index (χ2v) is 7.97. The van der Waals surface area contributed by atoms with E-state index in [2.05, 4.69) is 5.32 Å². The van der Waals surface area contributed by atoms with Crippen molar-refractivity contribution in [1.82, 2.24) is 5.32 Å². The van der Waals surface area contributed by atoms with E-state index in [9.17, 15) is 14.7 Å². The van der Waals surface area contributed by atoms with Crippen molar-refractivity contribution in [3.63, 3.8) is 0 Å². The standard InChI is InChI=1S/C24H27NO8/c1-13(26)15-7-6-8-16(11-15)31-24-20(25-14(2)27)21(28)22-19(32-24)12-30-23(33-22)17-9-4-5-10-18(17)29-3/h4-11,19-24,28H,12H2,1-3H3,(H,25,27). The number of Topliss-reactive ketones (excluding diaryl/α,β-unsaturated/α-hetero) is 1. The molecule has 2 aromatic rings. The topological polar surface area (TPSA) is 113 Å². The summed E-state index contributed by atoms with van der Waals surface area (Å²) in [6.45, 7) is 2.93. The lowest BCUT2D eigenvalue weighted by Crippen LogP contribution is -2.67. The number of hydrogen-bond acceptors (Lipinski definition) is 8. The first-order valence-corrected chi connectivity index (χ1v) is 10.7. The van der Waals surface area contributed by atoms with Crippen molar-refractivity contribution >= 4 is 11.7 Å². The van der Waals surface area contributed by atoms with Crippen LogP contribution in [0.1, 0.15) is 36.1 Å². The van der Waals surface area contributed by atoms with Crippen molar-refractivity contribution in [2.75, 3.05) is 13.7 Å². The van der Waals surface area contributed by atoms with Crippen LogP contribution in [0.25, 0.3) is 0 Å². The number of methoxy groups -OCH3 is 1. The van der Waals surface area contributed by atoms with Gasteiger partial charge in [0.2, 0.25) is 12.2 Å². The number of aliphatic hydroxyl groups is 1. The molecule has 33 heavy (non-hydrogen) atoms. The van der Waals surface area contributed by atoms with E-state index >= 15 is 0 Å². The van der Waals surface area contributed by atoms with Crippen LogP contribution in [0.4, 0.5) is 0 Å². The van der Waals surface area contributed by atoms with Crippen LogP contribution in [0.3, 0.4) is 0 Å². The Bertz CT molecular complexity index is 1010. The van der Waals surface area contributed by atoms with Gasteiger partial charge in [0.25, 0.3) is 0 Å². The van der Waals surface area contributed by atoms with Gasteiger partial charge in [0.15, 0.2) is 12.1 Å². The molecule has 0 saturated carbocycles. The number of hydrogen-bond donors (Lipinski definition) is 2. The lowest BCUT2D eigenvalue weighted by Gasteiger charge is -2.47. The summed E-state index contributed by atoms with van der Waals surface area (Å²) in [5.74, 6) is 0.496. The summed E-state index contributed by atoms with van der Waals surface area (Å²) in [5.41, 5.74) is 1.16. The highest BCUT2D eigenvalue weighted by atomic mass is 16.7. The maximum Gasteiger partial charge on any atom is 0.223 e. The maximum absolute atomic E-state index is 11.9. The molecule has 176 valence electrons. The number of carbonyl (C=O) groups excluding carboxylic acids is 2. The summed E-state index contributed by atoms with van der Waals surface area (Å²) < 4.78 is 29.3. The van der Waals surface area contributed by atoms with Crippen molar-refractivity contribution in [3.05, 3.63) is 59.7 Å². The first kappa shape index (κ1) is 23.2. The maximum atomic E-state index is 11.9. The highest BCUT2D eigenvalue weighted by Gasteiger charge is 2.51. The number of ketones is 1. The highest BCUT2D eigenvalue weighted by Crippen LogP contribution is 2.37. The molecule has 2 N–H and O–H groups in total. The van der Waals surface area contributed by atoms with Gasteiger partial charge in [-0.25, -0.2) is 0 Å². The van der Waals surface area contributed by atoms with Crippen molar-refractivity contribution in [2.24, 2.45) is 0 Å². The van der Waals surface area contributed by atoms with Crippen LogP contribution in [0, 0.1) is 0 Å². The minimum atomic E-state index is -1.14. The molecular weight excluding hydrogens is 430 g/mol. The zero-order valence-electron chi connectivity index (χ0n) is 18.6. The number of rotatable bonds is 6.